The van der Waals surface area contributed by atoms with E-state index in [1.165, 1.54) is 44.3 Å². The molecule has 1 aliphatic rings. The highest BCUT2D eigenvalue weighted by atomic mass is 15.2. The molecule has 2 heterocycles. The van der Waals surface area contributed by atoms with Gasteiger partial charge in [0.2, 0.25) is 0 Å². The third-order valence-electron chi connectivity index (χ3n) is 3.08. The second-order valence-corrected chi connectivity index (χ2v) is 4.38. The number of nitrogen functional groups attached to an aromatic ring is 1. The Morgan fingerprint density at radius 3 is 2.69 bits per heavy atom. The molecule has 4 nitrogen and oxygen atoms in total. The molecule has 0 amide bonds. The molecule has 4 heteroatoms. The number of nitrogens with one attached hydrogen (secondary N) is 1. The number of likely N-dealkylation sites (tertiary alicyclic amines) is 1. The zero-order valence-corrected chi connectivity index (χ0v) is 9.65. The number of anilines is 1. The molecule has 0 radical (unpaired) electrons. The van der Waals surface area contributed by atoms with Crippen LogP contribution in [0.2, 0.25) is 0 Å². The van der Waals surface area contributed by atoms with Crippen molar-refractivity contribution < 1.29 is 0 Å². The molecule has 1 fully saturated rings. The number of rotatable bonds is 3. The molecule has 0 atom stereocenters. The van der Waals surface area contributed by atoms with Gasteiger partial charge in [0.25, 0.3) is 0 Å². The predicted molar refractivity (Wildman–Crippen MR) is 65.8 cm³/mol. The van der Waals surface area contributed by atoms with Gasteiger partial charge < -0.3 is 5.43 Å². The van der Waals surface area contributed by atoms with Crippen molar-refractivity contribution >= 4 is 5.82 Å². The van der Waals surface area contributed by atoms with Crippen molar-refractivity contribution in [3.8, 4) is 0 Å². The number of nitrogens with zero attached hydrogens (tertiary/aromatic N) is 2. The molecule has 0 saturated carbocycles. The minimum atomic E-state index is 0.743. The summed E-state index contributed by atoms with van der Waals surface area (Å²) in [7, 11) is 0. The molecule has 16 heavy (non-hydrogen) atoms. The second kappa shape index (κ2) is 5.82. The number of nitrogens with two attached hydrogens (primary N) is 1. The zero-order valence-electron chi connectivity index (χ0n) is 9.65. The molecule has 0 aliphatic carbocycles. The zero-order chi connectivity index (χ0) is 11.2. The summed E-state index contributed by atoms with van der Waals surface area (Å²) in [5.41, 5.74) is 3.87. The SMILES string of the molecule is NNc1cc(CN2CCCCCC2)ccn1. The maximum Gasteiger partial charge on any atom is 0.140 e. The van der Waals surface area contributed by atoms with E-state index < -0.39 is 0 Å². The van der Waals surface area contributed by atoms with Gasteiger partial charge in [0, 0.05) is 12.7 Å². The van der Waals surface area contributed by atoms with Gasteiger partial charge in [-0.2, -0.15) is 0 Å². The average Bonchev–Trinajstić information content (AvgIpc) is 2.58. The first-order valence-corrected chi connectivity index (χ1v) is 6.02. The molecular weight excluding hydrogens is 200 g/mol. The number of hydrazine groups is 1. The van der Waals surface area contributed by atoms with Crippen LogP contribution in [-0.2, 0) is 6.54 Å². The Morgan fingerprint density at radius 2 is 2.00 bits per heavy atom. The Hall–Kier alpha value is -1.13. The average molecular weight is 220 g/mol. The van der Waals surface area contributed by atoms with Gasteiger partial charge in [-0.3, -0.25) is 4.90 Å². The third kappa shape index (κ3) is 3.18. The maximum absolute atomic E-state index is 5.35. The molecule has 1 aromatic rings. The quantitative estimate of drug-likeness (QED) is 0.602. The van der Waals surface area contributed by atoms with Gasteiger partial charge in [-0.25, -0.2) is 10.8 Å². The summed E-state index contributed by atoms with van der Waals surface area (Å²) in [6.45, 7) is 3.44. The van der Waals surface area contributed by atoms with Crippen LogP contribution in [-0.4, -0.2) is 23.0 Å². The first-order chi connectivity index (χ1) is 7.88. The molecule has 0 bridgehead atoms. The largest absolute Gasteiger partial charge is 0.308 e. The number of hydrogen-bond donors (Lipinski definition) is 2. The highest BCUT2D eigenvalue weighted by Crippen LogP contribution is 2.14. The van der Waals surface area contributed by atoms with E-state index in [4.69, 9.17) is 5.84 Å². The van der Waals surface area contributed by atoms with Gasteiger partial charge in [0.15, 0.2) is 0 Å². The minimum Gasteiger partial charge on any atom is -0.308 e. The molecule has 3 N–H and O–H groups in total. The van der Waals surface area contributed by atoms with Crippen LogP contribution in [0, 0.1) is 0 Å². The fourth-order valence-electron chi connectivity index (χ4n) is 2.20. The summed E-state index contributed by atoms with van der Waals surface area (Å²) in [5.74, 6) is 6.09. The van der Waals surface area contributed by atoms with Gasteiger partial charge in [-0.15, -0.1) is 0 Å². The van der Waals surface area contributed by atoms with Crippen LogP contribution in [0.25, 0.3) is 0 Å². The molecule has 1 aliphatic heterocycles. The van der Waals surface area contributed by atoms with Crippen molar-refractivity contribution in [2.75, 3.05) is 18.5 Å². The van der Waals surface area contributed by atoms with Crippen molar-refractivity contribution in [1.29, 1.82) is 0 Å². The standard InChI is InChI=1S/C12H20N4/c13-15-12-9-11(5-6-14-12)10-16-7-3-1-2-4-8-16/h5-6,9H,1-4,7-8,10,13H2,(H,14,15). The summed E-state index contributed by atoms with van der Waals surface area (Å²) in [6, 6.07) is 4.08. The Balaban J connectivity index is 1.96. The molecule has 0 spiro atoms. The van der Waals surface area contributed by atoms with Crippen LogP contribution in [0.5, 0.6) is 0 Å². The van der Waals surface area contributed by atoms with Gasteiger partial charge in [-0.1, -0.05) is 12.8 Å². The van der Waals surface area contributed by atoms with Gasteiger partial charge in [0.05, 0.1) is 0 Å². The lowest BCUT2D eigenvalue weighted by atomic mass is 10.2. The smallest absolute Gasteiger partial charge is 0.140 e. The highest BCUT2D eigenvalue weighted by Gasteiger charge is 2.09. The van der Waals surface area contributed by atoms with Crippen LogP contribution in [0.1, 0.15) is 31.2 Å². The Labute approximate surface area is 96.8 Å². The Bertz CT molecular complexity index is 319. The van der Waals surface area contributed by atoms with Gasteiger partial charge in [-0.05, 0) is 43.6 Å². The second-order valence-electron chi connectivity index (χ2n) is 4.38. The number of hydrogen-bond acceptors (Lipinski definition) is 4. The highest BCUT2D eigenvalue weighted by molar-refractivity contribution is 5.35. The number of aromatic nitrogens is 1. The van der Waals surface area contributed by atoms with Gasteiger partial charge >= 0.3 is 0 Å². The summed E-state index contributed by atoms with van der Waals surface area (Å²) in [6.07, 6.45) is 7.22. The number of pyridine rings is 1. The van der Waals surface area contributed by atoms with Crippen molar-refractivity contribution in [2.45, 2.75) is 32.2 Å². The van der Waals surface area contributed by atoms with E-state index in [1.807, 2.05) is 12.3 Å². The lowest BCUT2D eigenvalue weighted by molar-refractivity contribution is 0.277. The topological polar surface area (TPSA) is 54.2 Å². The van der Waals surface area contributed by atoms with Crippen LogP contribution >= 0.6 is 0 Å². The molecule has 1 aromatic heterocycles. The van der Waals surface area contributed by atoms with E-state index in [0.717, 1.165) is 12.4 Å². The van der Waals surface area contributed by atoms with Crippen molar-refractivity contribution in [3.63, 3.8) is 0 Å². The molecule has 0 unspecified atom stereocenters. The minimum absolute atomic E-state index is 0.743. The monoisotopic (exact) mass is 220 g/mol. The molecule has 0 aromatic carbocycles. The normalized spacial score (nSPS) is 18.1. The maximum atomic E-state index is 5.35. The third-order valence-corrected chi connectivity index (χ3v) is 3.08. The lowest BCUT2D eigenvalue weighted by Gasteiger charge is -2.19. The Kier molecular flexibility index (Phi) is 4.13. The Morgan fingerprint density at radius 1 is 1.25 bits per heavy atom. The predicted octanol–water partition coefficient (Wildman–Crippen LogP) is 1.74. The summed E-state index contributed by atoms with van der Waals surface area (Å²) >= 11 is 0. The first kappa shape index (κ1) is 11.4. The van der Waals surface area contributed by atoms with E-state index >= 15 is 0 Å². The van der Waals surface area contributed by atoms with E-state index in [-0.39, 0.29) is 0 Å². The summed E-state index contributed by atoms with van der Waals surface area (Å²) in [5, 5.41) is 0. The fourth-order valence-corrected chi connectivity index (χ4v) is 2.20. The van der Waals surface area contributed by atoms with Crippen molar-refractivity contribution in [1.82, 2.24) is 9.88 Å². The van der Waals surface area contributed by atoms with E-state index in [0.29, 0.717) is 0 Å². The van der Waals surface area contributed by atoms with Crippen molar-refractivity contribution in [3.05, 3.63) is 23.9 Å². The van der Waals surface area contributed by atoms with Crippen LogP contribution in [0.3, 0.4) is 0 Å². The van der Waals surface area contributed by atoms with E-state index in [9.17, 15) is 0 Å². The fraction of sp³-hybridized carbons (Fsp3) is 0.583. The van der Waals surface area contributed by atoms with Crippen LogP contribution < -0.4 is 11.3 Å². The van der Waals surface area contributed by atoms with Crippen LogP contribution in [0.15, 0.2) is 18.3 Å². The lowest BCUT2D eigenvalue weighted by Crippen LogP contribution is -2.24. The molecule has 1 saturated heterocycles. The van der Waals surface area contributed by atoms with Gasteiger partial charge in [0.1, 0.15) is 5.82 Å². The summed E-state index contributed by atoms with van der Waals surface area (Å²) < 4.78 is 0. The van der Waals surface area contributed by atoms with E-state index in [1.54, 1.807) is 0 Å². The molecule has 88 valence electrons. The summed E-state index contributed by atoms with van der Waals surface area (Å²) in [4.78, 5) is 6.63. The van der Waals surface area contributed by atoms with Crippen molar-refractivity contribution in [2.24, 2.45) is 5.84 Å². The van der Waals surface area contributed by atoms with Crippen LogP contribution in [0.4, 0.5) is 5.82 Å². The molecule has 2 rings (SSSR count). The first-order valence-electron chi connectivity index (χ1n) is 6.02. The molecular formula is C12H20N4. The van der Waals surface area contributed by atoms with E-state index in [2.05, 4.69) is 21.4 Å².